The van der Waals surface area contributed by atoms with Gasteiger partial charge in [0.15, 0.2) is 11.6 Å². The largest absolute Gasteiger partial charge is 0.458 e. The van der Waals surface area contributed by atoms with Crippen molar-refractivity contribution in [1.82, 2.24) is 19.8 Å². The second kappa shape index (κ2) is 5.68. The van der Waals surface area contributed by atoms with Crippen molar-refractivity contribution in [1.29, 1.82) is 0 Å². The van der Waals surface area contributed by atoms with E-state index in [4.69, 9.17) is 4.42 Å². The zero-order chi connectivity index (χ0) is 16.7. The molecule has 24 heavy (non-hydrogen) atoms. The number of carbonyl (C=O) groups is 1. The van der Waals surface area contributed by atoms with E-state index in [0.29, 0.717) is 12.2 Å². The maximum atomic E-state index is 12.2. The minimum Gasteiger partial charge on any atom is -0.458 e. The SMILES string of the molecule is Cc1ccc(C(=O)Cc2ccc(-c3nn4c(C)nnc4s3)cc2)o1. The Kier molecular flexibility index (Phi) is 3.50. The van der Waals surface area contributed by atoms with E-state index in [0.717, 1.165) is 32.7 Å². The van der Waals surface area contributed by atoms with Crippen molar-refractivity contribution in [3.05, 3.63) is 59.3 Å². The molecule has 1 aromatic carbocycles. The zero-order valence-corrected chi connectivity index (χ0v) is 14.0. The summed E-state index contributed by atoms with van der Waals surface area (Å²) in [6.45, 7) is 3.70. The van der Waals surface area contributed by atoms with Crippen molar-refractivity contribution in [2.75, 3.05) is 0 Å². The molecule has 0 N–H and O–H groups in total. The molecule has 7 heteroatoms. The molecule has 0 fully saturated rings. The number of hydrogen-bond acceptors (Lipinski definition) is 6. The smallest absolute Gasteiger partial charge is 0.234 e. The standard InChI is InChI=1S/C17H14N4O2S/c1-10-3-8-15(23-10)14(22)9-12-4-6-13(7-5-12)16-20-21-11(2)18-19-17(21)24-16/h3-8H,9H2,1-2H3. The number of carbonyl (C=O) groups excluding carboxylic acids is 1. The average Bonchev–Trinajstić information content (AvgIpc) is 3.26. The Morgan fingerprint density at radius 2 is 1.92 bits per heavy atom. The molecular formula is C17H14N4O2S. The third-order valence-electron chi connectivity index (χ3n) is 3.73. The summed E-state index contributed by atoms with van der Waals surface area (Å²) >= 11 is 1.49. The number of aromatic nitrogens is 4. The summed E-state index contributed by atoms with van der Waals surface area (Å²) in [7, 11) is 0. The maximum Gasteiger partial charge on any atom is 0.234 e. The van der Waals surface area contributed by atoms with Gasteiger partial charge < -0.3 is 4.42 Å². The van der Waals surface area contributed by atoms with Crippen LogP contribution in [0.15, 0.2) is 40.8 Å². The third kappa shape index (κ3) is 2.63. The highest BCUT2D eigenvalue weighted by Gasteiger charge is 2.13. The summed E-state index contributed by atoms with van der Waals surface area (Å²) in [5, 5.41) is 13.4. The molecule has 0 amide bonds. The summed E-state index contributed by atoms with van der Waals surface area (Å²) in [5.41, 5.74) is 1.94. The van der Waals surface area contributed by atoms with Crippen LogP contribution in [-0.2, 0) is 6.42 Å². The van der Waals surface area contributed by atoms with E-state index < -0.39 is 0 Å². The predicted octanol–water partition coefficient (Wildman–Crippen LogP) is 3.49. The molecule has 6 nitrogen and oxygen atoms in total. The van der Waals surface area contributed by atoms with E-state index in [9.17, 15) is 4.79 Å². The van der Waals surface area contributed by atoms with Gasteiger partial charge in [0.2, 0.25) is 10.7 Å². The van der Waals surface area contributed by atoms with Gasteiger partial charge in [-0.3, -0.25) is 4.79 Å². The van der Waals surface area contributed by atoms with Crippen LogP contribution in [0.3, 0.4) is 0 Å². The van der Waals surface area contributed by atoms with E-state index in [1.807, 2.05) is 38.1 Å². The molecule has 0 bridgehead atoms. The minimum absolute atomic E-state index is 0.0229. The fraction of sp³-hybridized carbons (Fsp3) is 0.176. The topological polar surface area (TPSA) is 73.3 Å². The van der Waals surface area contributed by atoms with E-state index in [2.05, 4.69) is 15.3 Å². The van der Waals surface area contributed by atoms with Crippen molar-refractivity contribution < 1.29 is 9.21 Å². The average molecular weight is 338 g/mol. The van der Waals surface area contributed by atoms with Gasteiger partial charge in [-0.25, -0.2) is 0 Å². The summed E-state index contributed by atoms with van der Waals surface area (Å²) in [4.78, 5) is 13.0. The number of fused-ring (bicyclic) bond motifs is 1. The molecule has 0 radical (unpaired) electrons. The van der Waals surface area contributed by atoms with E-state index in [-0.39, 0.29) is 5.78 Å². The molecule has 4 rings (SSSR count). The van der Waals surface area contributed by atoms with Crippen LogP contribution < -0.4 is 0 Å². The van der Waals surface area contributed by atoms with Gasteiger partial charge in [0.25, 0.3) is 0 Å². The molecule has 120 valence electrons. The lowest BCUT2D eigenvalue weighted by Gasteiger charge is -2.01. The van der Waals surface area contributed by atoms with Gasteiger partial charge in [-0.05, 0) is 31.5 Å². The lowest BCUT2D eigenvalue weighted by atomic mass is 10.1. The number of furan rings is 1. The summed E-state index contributed by atoms with van der Waals surface area (Å²) in [5.74, 6) is 1.89. The first kappa shape index (κ1) is 14.8. The number of aryl methyl sites for hydroxylation is 2. The molecule has 0 saturated carbocycles. The fourth-order valence-corrected chi connectivity index (χ4v) is 3.34. The summed E-state index contributed by atoms with van der Waals surface area (Å²) in [6, 6.07) is 11.3. The Morgan fingerprint density at radius 1 is 1.12 bits per heavy atom. The molecule has 0 aliphatic heterocycles. The maximum absolute atomic E-state index is 12.2. The number of ketones is 1. The molecular weight excluding hydrogens is 324 g/mol. The number of Topliss-reactive ketones (excluding diaryl/α,β-unsaturated/α-hetero) is 1. The Hall–Kier alpha value is -2.80. The fourth-order valence-electron chi connectivity index (χ4n) is 2.45. The molecule has 0 unspecified atom stereocenters. The second-order valence-corrected chi connectivity index (χ2v) is 6.51. The molecule has 0 aliphatic rings. The first-order valence-corrected chi connectivity index (χ1v) is 8.29. The molecule has 0 saturated heterocycles. The molecule has 0 atom stereocenters. The van der Waals surface area contributed by atoms with Gasteiger partial charge >= 0.3 is 0 Å². The van der Waals surface area contributed by atoms with Crippen molar-refractivity contribution in [3.63, 3.8) is 0 Å². The molecule has 0 aliphatic carbocycles. The van der Waals surface area contributed by atoms with Gasteiger partial charge in [-0.2, -0.15) is 9.61 Å². The van der Waals surface area contributed by atoms with E-state index in [1.54, 1.807) is 16.6 Å². The molecule has 3 heterocycles. The molecule has 3 aromatic heterocycles. The van der Waals surface area contributed by atoms with Crippen LogP contribution in [0, 0.1) is 13.8 Å². The van der Waals surface area contributed by atoms with Crippen LogP contribution in [0.4, 0.5) is 0 Å². The number of benzene rings is 1. The van der Waals surface area contributed by atoms with Gasteiger partial charge in [0.05, 0.1) is 0 Å². The highest BCUT2D eigenvalue weighted by atomic mass is 32.1. The lowest BCUT2D eigenvalue weighted by molar-refractivity contribution is 0.0965. The van der Waals surface area contributed by atoms with Crippen LogP contribution in [-0.4, -0.2) is 25.6 Å². The first-order valence-electron chi connectivity index (χ1n) is 7.48. The van der Waals surface area contributed by atoms with Crippen LogP contribution in [0.5, 0.6) is 0 Å². The normalized spacial score (nSPS) is 11.2. The zero-order valence-electron chi connectivity index (χ0n) is 13.2. The molecule has 0 spiro atoms. The van der Waals surface area contributed by atoms with Gasteiger partial charge in [-0.1, -0.05) is 35.6 Å². The summed E-state index contributed by atoms with van der Waals surface area (Å²) < 4.78 is 7.11. The Labute approximate surface area is 141 Å². The van der Waals surface area contributed by atoms with Gasteiger partial charge in [0, 0.05) is 12.0 Å². The second-order valence-electron chi connectivity index (χ2n) is 5.56. The minimum atomic E-state index is -0.0229. The van der Waals surface area contributed by atoms with Crippen molar-refractivity contribution in [3.8, 4) is 10.6 Å². The van der Waals surface area contributed by atoms with Gasteiger partial charge in [-0.15, -0.1) is 10.2 Å². The number of rotatable bonds is 4. The van der Waals surface area contributed by atoms with Crippen LogP contribution in [0.2, 0.25) is 0 Å². The van der Waals surface area contributed by atoms with Crippen LogP contribution in [0.1, 0.15) is 27.7 Å². The monoisotopic (exact) mass is 338 g/mol. The van der Waals surface area contributed by atoms with Crippen molar-refractivity contribution >= 4 is 22.1 Å². The first-order chi connectivity index (χ1) is 11.6. The predicted molar refractivity (Wildman–Crippen MR) is 90.3 cm³/mol. The van der Waals surface area contributed by atoms with E-state index in [1.165, 1.54) is 11.3 Å². The van der Waals surface area contributed by atoms with E-state index >= 15 is 0 Å². The molecule has 4 aromatic rings. The lowest BCUT2D eigenvalue weighted by Crippen LogP contribution is -2.01. The Bertz CT molecular complexity index is 1030. The Balaban J connectivity index is 1.54. The highest BCUT2D eigenvalue weighted by molar-refractivity contribution is 7.19. The highest BCUT2D eigenvalue weighted by Crippen LogP contribution is 2.25. The van der Waals surface area contributed by atoms with Crippen molar-refractivity contribution in [2.24, 2.45) is 0 Å². The third-order valence-corrected chi connectivity index (χ3v) is 4.68. The summed E-state index contributed by atoms with van der Waals surface area (Å²) in [6.07, 6.45) is 0.317. The Morgan fingerprint density at radius 3 is 2.58 bits per heavy atom. The number of nitrogens with zero attached hydrogens (tertiary/aromatic N) is 4. The quantitative estimate of drug-likeness (QED) is 0.533. The van der Waals surface area contributed by atoms with Crippen molar-refractivity contribution in [2.45, 2.75) is 20.3 Å². The van der Waals surface area contributed by atoms with Crippen LogP contribution >= 0.6 is 11.3 Å². The van der Waals surface area contributed by atoms with Crippen LogP contribution in [0.25, 0.3) is 15.5 Å². The van der Waals surface area contributed by atoms with Gasteiger partial charge in [0.1, 0.15) is 10.8 Å². The number of hydrogen-bond donors (Lipinski definition) is 0.